The van der Waals surface area contributed by atoms with Gasteiger partial charge < -0.3 is 10.0 Å². The number of hydrogen-bond donors (Lipinski definition) is 1. The second-order valence-corrected chi connectivity index (χ2v) is 3.78. The fourth-order valence-electron chi connectivity index (χ4n) is 1.55. The van der Waals surface area contributed by atoms with E-state index in [-0.39, 0.29) is 6.61 Å². The molecule has 1 aliphatic heterocycles. The van der Waals surface area contributed by atoms with E-state index >= 15 is 0 Å². The fraction of sp³-hybridized carbons (Fsp3) is 0.700. The summed E-state index contributed by atoms with van der Waals surface area (Å²) < 4.78 is 35.7. The topological polar surface area (TPSA) is 43.8 Å². The number of halogens is 3. The van der Waals surface area contributed by atoms with Crippen LogP contribution in [-0.4, -0.2) is 66.2 Å². The first kappa shape index (κ1) is 14.0. The molecule has 17 heavy (non-hydrogen) atoms. The molecule has 1 saturated heterocycles. The molecule has 1 heterocycles. The summed E-state index contributed by atoms with van der Waals surface area (Å²) in [6.07, 6.45) is -3.05. The smallest absolute Gasteiger partial charge is 0.395 e. The van der Waals surface area contributed by atoms with Crippen LogP contribution >= 0.6 is 0 Å². The van der Waals surface area contributed by atoms with Crippen molar-refractivity contribution < 1.29 is 23.1 Å². The number of ketones is 1. The summed E-state index contributed by atoms with van der Waals surface area (Å²) in [5, 5.41) is 8.71. The van der Waals surface area contributed by atoms with Crippen LogP contribution in [0.3, 0.4) is 0 Å². The van der Waals surface area contributed by atoms with E-state index in [4.69, 9.17) is 5.11 Å². The van der Waals surface area contributed by atoms with Crippen LogP contribution in [0.2, 0.25) is 0 Å². The van der Waals surface area contributed by atoms with Crippen molar-refractivity contribution in [3.63, 3.8) is 0 Å². The van der Waals surface area contributed by atoms with E-state index in [2.05, 4.69) is 0 Å². The summed E-state index contributed by atoms with van der Waals surface area (Å²) in [6.45, 7) is 3.10. The van der Waals surface area contributed by atoms with Crippen LogP contribution in [0.25, 0.3) is 0 Å². The van der Waals surface area contributed by atoms with Crippen molar-refractivity contribution in [1.82, 2.24) is 9.80 Å². The van der Waals surface area contributed by atoms with Crippen molar-refractivity contribution in [3.8, 4) is 0 Å². The van der Waals surface area contributed by atoms with Crippen molar-refractivity contribution in [3.05, 3.63) is 12.3 Å². The Bertz CT molecular complexity index is 284. The number of aliphatic hydroxyl groups excluding tert-OH is 1. The molecule has 0 saturated carbocycles. The molecule has 0 atom stereocenters. The molecule has 0 spiro atoms. The van der Waals surface area contributed by atoms with Crippen LogP contribution in [0, 0.1) is 0 Å². The minimum absolute atomic E-state index is 0.0718. The summed E-state index contributed by atoms with van der Waals surface area (Å²) in [6, 6.07) is 0. The zero-order valence-electron chi connectivity index (χ0n) is 9.28. The largest absolute Gasteiger partial charge is 0.454 e. The Morgan fingerprint density at radius 2 is 1.82 bits per heavy atom. The molecule has 1 fully saturated rings. The van der Waals surface area contributed by atoms with Crippen LogP contribution in [0.15, 0.2) is 12.3 Å². The van der Waals surface area contributed by atoms with E-state index < -0.39 is 12.0 Å². The molecule has 0 aromatic carbocycles. The summed E-state index contributed by atoms with van der Waals surface area (Å²) in [4.78, 5) is 14.3. The van der Waals surface area contributed by atoms with Gasteiger partial charge in [0.15, 0.2) is 0 Å². The standard InChI is InChI=1S/C10H15F3N2O2/c11-10(12,13)9(17)1-2-14-3-5-15(6-4-14)7-8-16/h1-2,16H,3-8H2/b2-1+. The van der Waals surface area contributed by atoms with E-state index in [0.717, 1.165) is 0 Å². The van der Waals surface area contributed by atoms with Gasteiger partial charge in [-0.15, -0.1) is 0 Å². The zero-order valence-corrected chi connectivity index (χ0v) is 9.28. The van der Waals surface area contributed by atoms with Crippen LogP contribution in [0.4, 0.5) is 13.2 Å². The van der Waals surface area contributed by atoms with Gasteiger partial charge in [0, 0.05) is 45.0 Å². The van der Waals surface area contributed by atoms with E-state index in [1.165, 1.54) is 6.20 Å². The lowest BCUT2D eigenvalue weighted by Crippen LogP contribution is -2.45. The second-order valence-electron chi connectivity index (χ2n) is 3.78. The van der Waals surface area contributed by atoms with E-state index in [1.807, 2.05) is 4.90 Å². The molecular formula is C10H15F3N2O2. The molecule has 0 aromatic heterocycles. The molecule has 1 rings (SSSR count). The Labute approximate surface area is 97.3 Å². The van der Waals surface area contributed by atoms with Gasteiger partial charge in [0.2, 0.25) is 0 Å². The van der Waals surface area contributed by atoms with Gasteiger partial charge in [-0.3, -0.25) is 9.69 Å². The van der Waals surface area contributed by atoms with Gasteiger partial charge in [0.1, 0.15) is 0 Å². The molecule has 0 aliphatic carbocycles. The highest BCUT2D eigenvalue weighted by atomic mass is 19.4. The molecule has 1 N–H and O–H groups in total. The minimum atomic E-state index is -4.80. The Balaban J connectivity index is 2.35. The molecular weight excluding hydrogens is 237 g/mol. The zero-order chi connectivity index (χ0) is 12.9. The third-order valence-electron chi connectivity index (χ3n) is 2.54. The molecule has 0 aromatic rings. The van der Waals surface area contributed by atoms with Gasteiger partial charge in [-0.1, -0.05) is 0 Å². The first-order valence-electron chi connectivity index (χ1n) is 5.30. The van der Waals surface area contributed by atoms with Crippen LogP contribution in [0.1, 0.15) is 0 Å². The molecule has 0 unspecified atom stereocenters. The van der Waals surface area contributed by atoms with Gasteiger partial charge in [-0.05, 0) is 0 Å². The maximum Gasteiger partial charge on any atom is 0.454 e. The average molecular weight is 252 g/mol. The Kier molecular flexibility index (Phi) is 4.95. The molecule has 98 valence electrons. The number of β-amino-alcohol motifs (C(OH)–C–C–N with tert-alkyl or cyclic N) is 1. The van der Waals surface area contributed by atoms with Crippen molar-refractivity contribution in [1.29, 1.82) is 0 Å². The summed E-state index contributed by atoms with van der Waals surface area (Å²) in [5.41, 5.74) is 0. The average Bonchev–Trinajstić information content (AvgIpc) is 2.27. The highest BCUT2D eigenvalue weighted by Crippen LogP contribution is 2.16. The van der Waals surface area contributed by atoms with E-state index in [1.54, 1.807) is 4.90 Å². The predicted molar refractivity (Wildman–Crippen MR) is 55.3 cm³/mol. The van der Waals surface area contributed by atoms with Crippen molar-refractivity contribution in [2.24, 2.45) is 0 Å². The molecule has 0 bridgehead atoms. The van der Waals surface area contributed by atoms with Crippen molar-refractivity contribution in [2.45, 2.75) is 6.18 Å². The number of alkyl halides is 3. The van der Waals surface area contributed by atoms with Crippen LogP contribution < -0.4 is 0 Å². The predicted octanol–water partition coefficient (Wildman–Crippen LogP) is 0.241. The van der Waals surface area contributed by atoms with Gasteiger partial charge in [-0.25, -0.2) is 0 Å². The Morgan fingerprint density at radius 1 is 1.24 bits per heavy atom. The number of carbonyl (C=O) groups excluding carboxylic acids is 1. The van der Waals surface area contributed by atoms with Gasteiger partial charge in [0.05, 0.1) is 6.61 Å². The number of nitrogens with zero attached hydrogens (tertiary/aromatic N) is 2. The lowest BCUT2D eigenvalue weighted by Gasteiger charge is -2.33. The normalized spacial score (nSPS) is 18.9. The molecule has 0 radical (unpaired) electrons. The lowest BCUT2D eigenvalue weighted by molar-refractivity contribution is -0.165. The second kappa shape index (κ2) is 6.02. The Morgan fingerprint density at radius 3 is 2.29 bits per heavy atom. The number of rotatable bonds is 4. The number of piperazine rings is 1. The molecule has 1 aliphatic rings. The van der Waals surface area contributed by atoms with Crippen molar-refractivity contribution >= 4 is 5.78 Å². The first-order valence-corrected chi connectivity index (χ1v) is 5.30. The number of hydrogen-bond acceptors (Lipinski definition) is 4. The molecule has 4 nitrogen and oxygen atoms in total. The highest BCUT2D eigenvalue weighted by Gasteiger charge is 2.36. The molecule has 7 heteroatoms. The number of carbonyl (C=O) groups is 1. The SMILES string of the molecule is O=C(/C=C/N1CCN(CCO)CC1)C(F)(F)F. The van der Waals surface area contributed by atoms with Gasteiger partial charge >= 0.3 is 6.18 Å². The summed E-state index contributed by atoms with van der Waals surface area (Å²) in [5.74, 6) is -1.84. The van der Waals surface area contributed by atoms with Crippen LogP contribution in [-0.2, 0) is 4.79 Å². The minimum Gasteiger partial charge on any atom is -0.395 e. The summed E-state index contributed by atoms with van der Waals surface area (Å²) in [7, 11) is 0. The Hall–Kier alpha value is -1.08. The van der Waals surface area contributed by atoms with Crippen molar-refractivity contribution in [2.75, 3.05) is 39.3 Å². The fourth-order valence-corrected chi connectivity index (χ4v) is 1.55. The lowest BCUT2D eigenvalue weighted by atomic mass is 10.3. The van der Waals surface area contributed by atoms with Crippen LogP contribution in [0.5, 0.6) is 0 Å². The third kappa shape index (κ3) is 4.74. The number of aliphatic hydroxyl groups is 1. The van der Waals surface area contributed by atoms with E-state index in [0.29, 0.717) is 38.8 Å². The van der Waals surface area contributed by atoms with Gasteiger partial charge in [-0.2, -0.15) is 13.2 Å². The maximum absolute atomic E-state index is 11.9. The summed E-state index contributed by atoms with van der Waals surface area (Å²) >= 11 is 0. The third-order valence-corrected chi connectivity index (χ3v) is 2.54. The van der Waals surface area contributed by atoms with E-state index in [9.17, 15) is 18.0 Å². The van der Waals surface area contributed by atoms with Gasteiger partial charge in [0.25, 0.3) is 5.78 Å². The first-order chi connectivity index (χ1) is 7.93. The maximum atomic E-state index is 11.9. The monoisotopic (exact) mass is 252 g/mol. The highest BCUT2D eigenvalue weighted by molar-refractivity contribution is 5.94. The quantitative estimate of drug-likeness (QED) is 0.728. The molecule has 0 amide bonds. The number of allylic oxidation sites excluding steroid dienone is 1.